The summed E-state index contributed by atoms with van der Waals surface area (Å²) >= 11 is 0. The Morgan fingerprint density at radius 2 is 1.72 bits per heavy atom. The molecule has 2 aromatic carbocycles. The minimum absolute atomic E-state index is 0.144. The number of ether oxygens (including phenoxy) is 2. The summed E-state index contributed by atoms with van der Waals surface area (Å²) in [6.45, 7) is 5.23. The van der Waals surface area contributed by atoms with Crippen molar-refractivity contribution in [1.29, 1.82) is 0 Å². The lowest BCUT2D eigenvalue weighted by atomic mass is 10.0. The fourth-order valence-electron chi connectivity index (χ4n) is 2.68. The summed E-state index contributed by atoms with van der Waals surface area (Å²) < 4.78 is 10.4. The second kappa shape index (κ2) is 9.93. The number of hydrogen-bond acceptors (Lipinski definition) is 5. The van der Waals surface area contributed by atoms with Gasteiger partial charge in [-0.25, -0.2) is 4.79 Å². The van der Waals surface area contributed by atoms with Gasteiger partial charge < -0.3 is 25.2 Å². The molecule has 7 heteroatoms. The van der Waals surface area contributed by atoms with E-state index in [0.717, 1.165) is 5.56 Å². The Morgan fingerprint density at radius 3 is 2.31 bits per heavy atom. The van der Waals surface area contributed by atoms with Crippen LogP contribution in [-0.4, -0.2) is 36.4 Å². The lowest BCUT2D eigenvalue weighted by Crippen LogP contribution is -2.34. The van der Waals surface area contributed by atoms with E-state index in [9.17, 15) is 14.7 Å². The first-order chi connectivity index (χ1) is 13.7. The van der Waals surface area contributed by atoms with Gasteiger partial charge in [0.1, 0.15) is 11.4 Å². The molecule has 2 rings (SSSR count). The fraction of sp³-hybridized carbons (Fsp3) is 0.364. The zero-order chi connectivity index (χ0) is 21.4. The van der Waals surface area contributed by atoms with Crippen molar-refractivity contribution in [1.82, 2.24) is 10.6 Å². The van der Waals surface area contributed by atoms with Crippen LogP contribution in [0.2, 0.25) is 0 Å². The number of amides is 2. The molecule has 0 bridgehead atoms. The summed E-state index contributed by atoms with van der Waals surface area (Å²) in [7, 11) is 1.57. The molecule has 2 amide bonds. The second-order valence-corrected chi connectivity index (χ2v) is 7.49. The van der Waals surface area contributed by atoms with Gasteiger partial charge in [0.2, 0.25) is 0 Å². The number of benzene rings is 2. The summed E-state index contributed by atoms with van der Waals surface area (Å²) in [5, 5.41) is 15.2. The molecule has 0 saturated heterocycles. The summed E-state index contributed by atoms with van der Waals surface area (Å²) in [5.74, 6) is 0.344. The Kier molecular flexibility index (Phi) is 7.61. The van der Waals surface area contributed by atoms with Crippen molar-refractivity contribution in [2.75, 3.05) is 13.7 Å². The molecule has 0 radical (unpaired) electrons. The zero-order valence-electron chi connectivity index (χ0n) is 17.2. The molecule has 1 unspecified atom stereocenters. The first-order valence-electron chi connectivity index (χ1n) is 9.34. The first kappa shape index (κ1) is 22.2. The molecule has 0 saturated carbocycles. The molecule has 0 spiro atoms. The van der Waals surface area contributed by atoms with Crippen LogP contribution < -0.4 is 15.4 Å². The Bertz CT molecular complexity index is 828. The van der Waals surface area contributed by atoms with E-state index in [4.69, 9.17) is 9.47 Å². The van der Waals surface area contributed by atoms with Crippen molar-refractivity contribution in [3.05, 3.63) is 65.2 Å². The SMILES string of the molecule is COc1ccc(C(CO)NC(=O)c2ccccc2CNC(=O)OC(C)(C)C)cc1. The van der Waals surface area contributed by atoms with Gasteiger partial charge >= 0.3 is 6.09 Å². The van der Waals surface area contributed by atoms with Crippen LogP contribution in [0.3, 0.4) is 0 Å². The van der Waals surface area contributed by atoms with Crippen LogP contribution in [-0.2, 0) is 11.3 Å². The molecule has 0 aromatic heterocycles. The van der Waals surface area contributed by atoms with Crippen LogP contribution in [0.5, 0.6) is 5.75 Å². The first-order valence-corrected chi connectivity index (χ1v) is 9.34. The van der Waals surface area contributed by atoms with E-state index in [1.165, 1.54) is 0 Å². The monoisotopic (exact) mass is 400 g/mol. The number of aliphatic hydroxyl groups is 1. The van der Waals surface area contributed by atoms with Crippen LogP contribution in [0.15, 0.2) is 48.5 Å². The number of nitrogens with one attached hydrogen (secondary N) is 2. The maximum absolute atomic E-state index is 12.8. The molecule has 2 aromatic rings. The zero-order valence-corrected chi connectivity index (χ0v) is 17.2. The number of rotatable bonds is 7. The van der Waals surface area contributed by atoms with Crippen molar-refractivity contribution in [2.24, 2.45) is 0 Å². The van der Waals surface area contributed by atoms with Crippen molar-refractivity contribution >= 4 is 12.0 Å². The standard InChI is InChI=1S/C22H28N2O5/c1-22(2,3)29-21(27)23-13-16-7-5-6-8-18(16)20(26)24-19(14-25)15-9-11-17(28-4)12-10-15/h5-12,19,25H,13-14H2,1-4H3,(H,23,27)(H,24,26). The molecule has 0 aliphatic heterocycles. The molecule has 0 heterocycles. The Balaban J connectivity index is 2.08. The number of alkyl carbamates (subject to hydrolysis) is 1. The van der Waals surface area contributed by atoms with Crippen LogP contribution in [0.1, 0.15) is 48.3 Å². The molecule has 0 aliphatic carbocycles. The summed E-state index contributed by atoms with van der Waals surface area (Å²) in [4.78, 5) is 24.7. The fourth-order valence-corrected chi connectivity index (χ4v) is 2.68. The third-order valence-corrected chi connectivity index (χ3v) is 4.09. The van der Waals surface area contributed by atoms with Gasteiger partial charge in [0.05, 0.1) is 19.8 Å². The van der Waals surface area contributed by atoms with Crippen molar-refractivity contribution in [3.63, 3.8) is 0 Å². The quantitative estimate of drug-likeness (QED) is 0.663. The smallest absolute Gasteiger partial charge is 0.407 e. The lowest BCUT2D eigenvalue weighted by Gasteiger charge is -2.20. The second-order valence-electron chi connectivity index (χ2n) is 7.49. The molecular weight excluding hydrogens is 372 g/mol. The van der Waals surface area contributed by atoms with Crippen LogP contribution in [0, 0.1) is 0 Å². The largest absolute Gasteiger partial charge is 0.497 e. The minimum atomic E-state index is -0.603. The van der Waals surface area contributed by atoms with E-state index < -0.39 is 17.7 Å². The van der Waals surface area contributed by atoms with Gasteiger partial charge in [0.25, 0.3) is 5.91 Å². The molecule has 29 heavy (non-hydrogen) atoms. The molecule has 1 atom stereocenters. The Morgan fingerprint density at radius 1 is 1.07 bits per heavy atom. The topological polar surface area (TPSA) is 96.9 Å². The van der Waals surface area contributed by atoms with Crippen molar-refractivity contribution in [2.45, 2.75) is 39.0 Å². The van der Waals surface area contributed by atoms with E-state index in [-0.39, 0.29) is 19.1 Å². The van der Waals surface area contributed by atoms with Gasteiger partial charge in [-0.3, -0.25) is 4.79 Å². The highest BCUT2D eigenvalue weighted by molar-refractivity contribution is 5.96. The van der Waals surface area contributed by atoms with E-state index >= 15 is 0 Å². The number of hydrogen-bond donors (Lipinski definition) is 3. The van der Waals surface area contributed by atoms with Gasteiger partial charge in [-0.15, -0.1) is 0 Å². The summed E-state index contributed by atoms with van der Waals surface area (Å²) in [6, 6.07) is 13.5. The van der Waals surface area contributed by atoms with Crippen molar-refractivity contribution < 1.29 is 24.2 Å². The lowest BCUT2D eigenvalue weighted by molar-refractivity contribution is 0.0522. The van der Waals surface area contributed by atoms with E-state index in [1.807, 2.05) is 0 Å². The maximum atomic E-state index is 12.8. The summed E-state index contributed by atoms with van der Waals surface area (Å²) in [5.41, 5.74) is 1.21. The Hall–Kier alpha value is -3.06. The predicted octanol–water partition coefficient (Wildman–Crippen LogP) is 3.18. The third kappa shape index (κ3) is 6.80. The van der Waals surface area contributed by atoms with Gasteiger partial charge in [-0.1, -0.05) is 30.3 Å². The Labute approximate surface area is 171 Å². The molecular formula is C22H28N2O5. The van der Waals surface area contributed by atoms with Crippen LogP contribution >= 0.6 is 0 Å². The number of aliphatic hydroxyl groups excluding tert-OH is 1. The number of methoxy groups -OCH3 is 1. The normalized spacial score (nSPS) is 12.0. The maximum Gasteiger partial charge on any atom is 0.407 e. The highest BCUT2D eigenvalue weighted by Crippen LogP contribution is 2.19. The average Bonchev–Trinajstić information content (AvgIpc) is 2.69. The highest BCUT2D eigenvalue weighted by Gasteiger charge is 2.19. The molecule has 0 aliphatic rings. The van der Waals surface area contributed by atoms with Gasteiger partial charge in [-0.05, 0) is 50.1 Å². The predicted molar refractivity (Wildman–Crippen MR) is 110 cm³/mol. The number of carbonyl (C=O) groups excluding carboxylic acids is 2. The molecule has 7 nitrogen and oxygen atoms in total. The van der Waals surface area contributed by atoms with Gasteiger partial charge in [-0.2, -0.15) is 0 Å². The van der Waals surface area contributed by atoms with E-state index in [1.54, 1.807) is 76.4 Å². The molecule has 3 N–H and O–H groups in total. The third-order valence-electron chi connectivity index (χ3n) is 4.09. The van der Waals surface area contributed by atoms with Gasteiger partial charge in [0, 0.05) is 12.1 Å². The van der Waals surface area contributed by atoms with Crippen molar-refractivity contribution in [3.8, 4) is 5.75 Å². The van der Waals surface area contributed by atoms with E-state index in [0.29, 0.717) is 16.9 Å². The highest BCUT2D eigenvalue weighted by atomic mass is 16.6. The number of carbonyl (C=O) groups is 2. The van der Waals surface area contributed by atoms with Crippen LogP contribution in [0.25, 0.3) is 0 Å². The molecule has 156 valence electrons. The van der Waals surface area contributed by atoms with E-state index in [2.05, 4.69) is 10.6 Å². The van der Waals surface area contributed by atoms with Gasteiger partial charge in [0.15, 0.2) is 0 Å². The molecule has 0 fully saturated rings. The minimum Gasteiger partial charge on any atom is -0.497 e. The van der Waals surface area contributed by atoms with Crippen LogP contribution in [0.4, 0.5) is 4.79 Å². The average molecular weight is 400 g/mol. The summed E-state index contributed by atoms with van der Waals surface area (Å²) in [6.07, 6.45) is -0.556.